The molecule has 0 aromatic heterocycles. The van der Waals surface area contributed by atoms with Crippen LogP contribution in [0.2, 0.25) is 0 Å². The van der Waals surface area contributed by atoms with Gasteiger partial charge >= 0.3 is 5.97 Å². The van der Waals surface area contributed by atoms with Crippen molar-refractivity contribution in [2.45, 2.75) is 4.90 Å². The summed E-state index contributed by atoms with van der Waals surface area (Å²) < 4.78 is 40.4. The van der Waals surface area contributed by atoms with Gasteiger partial charge in [-0.05, 0) is 60.7 Å². The molecule has 3 rings (SSSR count). The van der Waals surface area contributed by atoms with Crippen molar-refractivity contribution in [2.75, 3.05) is 16.2 Å². The predicted molar refractivity (Wildman–Crippen MR) is 109 cm³/mol. The van der Waals surface area contributed by atoms with Gasteiger partial charge in [0.05, 0.1) is 16.1 Å². The second kappa shape index (κ2) is 8.75. The number of carbonyl (C=O) groups excluding carboxylic acids is 1. The molecule has 7 nitrogen and oxygen atoms in total. The molecule has 9 heteroatoms. The minimum atomic E-state index is -4.10. The molecule has 0 radical (unpaired) electrons. The maximum absolute atomic E-state index is 13.3. The van der Waals surface area contributed by atoms with E-state index in [-0.39, 0.29) is 16.1 Å². The summed E-state index contributed by atoms with van der Waals surface area (Å²) in [5.41, 5.74) is 0.477. The molecule has 154 valence electrons. The molecule has 3 aromatic rings. The summed E-state index contributed by atoms with van der Waals surface area (Å²) in [7, 11) is -4.10. The van der Waals surface area contributed by atoms with Crippen molar-refractivity contribution in [1.29, 1.82) is 0 Å². The third-order valence-electron chi connectivity index (χ3n) is 4.15. The number of hydrogen-bond acceptors (Lipinski definition) is 4. The number of sulfonamides is 1. The van der Waals surface area contributed by atoms with E-state index >= 15 is 0 Å². The molecule has 0 aliphatic carbocycles. The molecule has 0 unspecified atom stereocenters. The minimum absolute atomic E-state index is 0.0204. The van der Waals surface area contributed by atoms with Gasteiger partial charge < -0.3 is 10.4 Å². The van der Waals surface area contributed by atoms with Crippen LogP contribution < -0.4 is 9.62 Å². The number of benzene rings is 3. The second-order valence-electron chi connectivity index (χ2n) is 6.23. The van der Waals surface area contributed by atoms with Gasteiger partial charge in [-0.2, -0.15) is 0 Å². The first-order valence-corrected chi connectivity index (χ1v) is 10.2. The van der Waals surface area contributed by atoms with Gasteiger partial charge in [-0.1, -0.05) is 18.2 Å². The topological polar surface area (TPSA) is 104 Å². The summed E-state index contributed by atoms with van der Waals surface area (Å²) >= 11 is 0. The Balaban J connectivity index is 1.88. The Bertz CT molecular complexity index is 1150. The number of hydrogen-bond donors (Lipinski definition) is 2. The van der Waals surface area contributed by atoms with E-state index in [9.17, 15) is 22.4 Å². The SMILES string of the molecule is O=C(CN(c1ccc(F)cc1)S(=O)(=O)c1ccccc1)Nc1ccc(C(=O)O)cc1. The van der Waals surface area contributed by atoms with Crippen LogP contribution >= 0.6 is 0 Å². The highest BCUT2D eigenvalue weighted by Gasteiger charge is 2.27. The zero-order chi connectivity index (χ0) is 21.7. The van der Waals surface area contributed by atoms with E-state index in [4.69, 9.17) is 5.11 Å². The van der Waals surface area contributed by atoms with Gasteiger partial charge in [0, 0.05) is 5.69 Å². The van der Waals surface area contributed by atoms with Gasteiger partial charge in [0.25, 0.3) is 10.0 Å². The lowest BCUT2D eigenvalue weighted by Gasteiger charge is -2.24. The van der Waals surface area contributed by atoms with Crippen LogP contribution in [-0.4, -0.2) is 31.9 Å². The standard InChI is InChI=1S/C21H17FN2O5S/c22-16-8-12-18(13-9-16)24(30(28,29)19-4-2-1-3-5-19)14-20(25)23-17-10-6-15(7-11-17)21(26)27/h1-13H,14H2,(H,23,25)(H,26,27). The number of amides is 1. The van der Waals surface area contributed by atoms with E-state index in [1.165, 1.54) is 48.5 Å². The molecule has 0 atom stereocenters. The molecule has 0 bridgehead atoms. The third-order valence-corrected chi connectivity index (χ3v) is 5.94. The van der Waals surface area contributed by atoms with Crippen molar-refractivity contribution in [1.82, 2.24) is 0 Å². The van der Waals surface area contributed by atoms with Crippen LogP contribution in [0.25, 0.3) is 0 Å². The third kappa shape index (κ3) is 4.81. The van der Waals surface area contributed by atoms with Crippen molar-refractivity contribution in [3.8, 4) is 0 Å². The number of carbonyl (C=O) groups is 2. The van der Waals surface area contributed by atoms with Crippen LogP contribution in [-0.2, 0) is 14.8 Å². The van der Waals surface area contributed by atoms with E-state index < -0.39 is 34.3 Å². The van der Waals surface area contributed by atoms with Crippen molar-refractivity contribution < 1.29 is 27.5 Å². The van der Waals surface area contributed by atoms with Crippen LogP contribution in [0.5, 0.6) is 0 Å². The van der Waals surface area contributed by atoms with Crippen molar-refractivity contribution in [3.05, 3.63) is 90.2 Å². The summed E-state index contributed by atoms with van der Waals surface area (Å²) in [6.45, 7) is -0.566. The minimum Gasteiger partial charge on any atom is -0.478 e. The first-order chi connectivity index (χ1) is 14.3. The summed E-state index contributed by atoms with van der Waals surface area (Å²) in [5, 5.41) is 11.5. The van der Waals surface area contributed by atoms with Crippen LogP contribution in [0.3, 0.4) is 0 Å². The van der Waals surface area contributed by atoms with Crippen molar-refractivity contribution in [2.24, 2.45) is 0 Å². The van der Waals surface area contributed by atoms with Gasteiger partial charge in [0.15, 0.2) is 0 Å². The smallest absolute Gasteiger partial charge is 0.335 e. The number of aromatic carboxylic acids is 1. The quantitative estimate of drug-likeness (QED) is 0.601. The van der Waals surface area contributed by atoms with Gasteiger partial charge in [0.2, 0.25) is 5.91 Å². The molecule has 0 aliphatic heterocycles. The van der Waals surface area contributed by atoms with E-state index in [2.05, 4.69) is 5.32 Å². The average molecular weight is 428 g/mol. The van der Waals surface area contributed by atoms with Gasteiger partial charge in [-0.15, -0.1) is 0 Å². The molecule has 3 aromatic carbocycles. The number of halogens is 1. The molecule has 0 fully saturated rings. The van der Waals surface area contributed by atoms with Crippen LogP contribution in [0.4, 0.5) is 15.8 Å². The van der Waals surface area contributed by atoms with E-state index in [0.29, 0.717) is 5.69 Å². The molecule has 2 N–H and O–H groups in total. The second-order valence-corrected chi connectivity index (χ2v) is 8.09. The number of rotatable bonds is 7. The van der Waals surface area contributed by atoms with Crippen LogP contribution in [0.15, 0.2) is 83.8 Å². The summed E-state index contributed by atoms with van der Waals surface area (Å²) in [4.78, 5) is 23.5. The Morgan fingerprint density at radius 1 is 0.900 bits per heavy atom. The lowest BCUT2D eigenvalue weighted by Crippen LogP contribution is -2.38. The molecule has 0 aliphatic rings. The summed E-state index contributed by atoms with van der Waals surface area (Å²) in [6, 6.07) is 17.7. The summed E-state index contributed by atoms with van der Waals surface area (Å²) in [6.07, 6.45) is 0. The molecule has 0 spiro atoms. The molecule has 30 heavy (non-hydrogen) atoms. The monoisotopic (exact) mass is 428 g/mol. The number of carboxylic acids is 1. The molecule has 1 amide bonds. The fourth-order valence-electron chi connectivity index (χ4n) is 2.67. The van der Waals surface area contributed by atoms with Gasteiger partial charge in [-0.25, -0.2) is 17.6 Å². The Labute approximate surface area is 172 Å². The van der Waals surface area contributed by atoms with E-state index in [0.717, 1.165) is 16.4 Å². The largest absolute Gasteiger partial charge is 0.478 e. The fraction of sp³-hybridized carbons (Fsp3) is 0.0476. The zero-order valence-electron chi connectivity index (χ0n) is 15.5. The van der Waals surface area contributed by atoms with Gasteiger partial charge in [0.1, 0.15) is 12.4 Å². The highest BCUT2D eigenvalue weighted by Crippen LogP contribution is 2.24. The van der Waals surface area contributed by atoms with Crippen LogP contribution in [0.1, 0.15) is 10.4 Å². The van der Waals surface area contributed by atoms with E-state index in [1.807, 2.05) is 0 Å². The molecular weight excluding hydrogens is 411 g/mol. The maximum atomic E-state index is 13.3. The number of nitrogens with one attached hydrogen (secondary N) is 1. The highest BCUT2D eigenvalue weighted by atomic mass is 32.2. The van der Waals surface area contributed by atoms with Crippen molar-refractivity contribution >= 4 is 33.3 Å². The molecule has 0 heterocycles. The Kier molecular flexibility index (Phi) is 6.12. The van der Waals surface area contributed by atoms with E-state index in [1.54, 1.807) is 18.2 Å². The molecule has 0 saturated heterocycles. The summed E-state index contributed by atoms with van der Waals surface area (Å²) in [5.74, 6) is -2.30. The lowest BCUT2D eigenvalue weighted by molar-refractivity contribution is -0.114. The Morgan fingerprint density at radius 2 is 1.50 bits per heavy atom. The predicted octanol–water partition coefficient (Wildman–Crippen LogP) is 3.36. The maximum Gasteiger partial charge on any atom is 0.335 e. The lowest BCUT2D eigenvalue weighted by atomic mass is 10.2. The number of anilines is 2. The van der Waals surface area contributed by atoms with Crippen LogP contribution in [0, 0.1) is 5.82 Å². The average Bonchev–Trinajstić information content (AvgIpc) is 2.74. The zero-order valence-corrected chi connectivity index (χ0v) is 16.3. The van der Waals surface area contributed by atoms with Gasteiger partial charge in [-0.3, -0.25) is 9.10 Å². The Hall–Kier alpha value is -3.72. The Morgan fingerprint density at radius 3 is 2.07 bits per heavy atom. The normalized spacial score (nSPS) is 11.0. The number of nitrogens with zero attached hydrogens (tertiary/aromatic N) is 1. The van der Waals surface area contributed by atoms with Crippen molar-refractivity contribution in [3.63, 3.8) is 0 Å². The highest BCUT2D eigenvalue weighted by molar-refractivity contribution is 7.92. The first kappa shape index (κ1) is 21.0. The molecular formula is C21H17FN2O5S. The molecule has 0 saturated carbocycles. The number of carboxylic acid groups (broad SMARTS) is 1. The first-order valence-electron chi connectivity index (χ1n) is 8.74. The fourth-order valence-corrected chi connectivity index (χ4v) is 4.11.